The highest BCUT2D eigenvalue weighted by atomic mass is 32.1. The van der Waals surface area contributed by atoms with Crippen molar-refractivity contribution < 1.29 is 10.0 Å². The summed E-state index contributed by atoms with van der Waals surface area (Å²) in [5, 5.41) is 21.2. The van der Waals surface area contributed by atoms with Crippen LogP contribution in [-0.4, -0.2) is 40.9 Å². The molecule has 4 nitrogen and oxygen atoms in total. The van der Waals surface area contributed by atoms with Crippen LogP contribution in [0.3, 0.4) is 0 Å². The number of rotatable bonds is 6. The first-order valence-corrected chi connectivity index (χ1v) is 5.41. The smallest absolute Gasteiger partial charge is 0.426 e. The molecule has 0 aromatic carbocycles. The maximum absolute atomic E-state index is 9.15. The number of nitrogens with one attached hydrogen (secondary N) is 1. The molecule has 0 heterocycles. The molecule has 0 aromatic rings. The Morgan fingerprint density at radius 1 is 1.47 bits per heavy atom. The number of hydrogen-bond donors (Lipinski definition) is 3. The first kappa shape index (κ1) is 14.5. The molecule has 0 aliphatic carbocycles. The minimum absolute atomic E-state index is 0.201. The number of nitrogens with zero attached hydrogens (tertiary/aromatic N) is 1. The zero-order chi connectivity index (χ0) is 12.0. The first-order valence-electron chi connectivity index (χ1n) is 5.00. The molecule has 0 bridgehead atoms. The SMILES string of the molecule is C=N[C@@H](C)C(=S)N[C@@H](CC(C)C)B(O)O. The fraction of sp³-hybridized carbons (Fsp3) is 0.778. The third kappa shape index (κ3) is 5.86. The van der Waals surface area contributed by atoms with Crippen molar-refractivity contribution in [1.82, 2.24) is 5.32 Å². The molecule has 0 amide bonds. The Balaban J connectivity index is 4.28. The van der Waals surface area contributed by atoms with E-state index in [1.54, 1.807) is 6.92 Å². The van der Waals surface area contributed by atoms with E-state index in [1.807, 2.05) is 13.8 Å². The van der Waals surface area contributed by atoms with Crippen LogP contribution in [0.25, 0.3) is 0 Å². The van der Waals surface area contributed by atoms with Crippen LogP contribution in [0.5, 0.6) is 0 Å². The Labute approximate surface area is 96.9 Å². The minimum Gasteiger partial charge on any atom is -0.426 e. The molecule has 0 saturated carbocycles. The number of thiocarbonyl (C=S) groups is 1. The van der Waals surface area contributed by atoms with Crippen molar-refractivity contribution >= 4 is 31.0 Å². The number of hydrogen-bond acceptors (Lipinski definition) is 4. The van der Waals surface area contributed by atoms with Crippen molar-refractivity contribution in [1.29, 1.82) is 0 Å². The van der Waals surface area contributed by atoms with Gasteiger partial charge in [0.1, 0.15) is 0 Å². The van der Waals surface area contributed by atoms with Gasteiger partial charge in [-0.2, -0.15) is 0 Å². The molecule has 86 valence electrons. The van der Waals surface area contributed by atoms with E-state index in [-0.39, 0.29) is 6.04 Å². The molecular weight excluding hydrogens is 211 g/mol. The van der Waals surface area contributed by atoms with Crippen molar-refractivity contribution in [3.05, 3.63) is 0 Å². The Bertz CT molecular complexity index is 224. The Morgan fingerprint density at radius 2 is 2.00 bits per heavy atom. The summed E-state index contributed by atoms with van der Waals surface area (Å²) in [6.07, 6.45) is 0.641. The molecule has 0 radical (unpaired) electrons. The Hall–Kier alpha value is -0.455. The summed E-state index contributed by atoms with van der Waals surface area (Å²) < 4.78 is 0. The Kier molecular flexibility index (Phi) is 6.71. The molecule has 3 N–H and O–H groups in total. The molecule has 0 saturated heterocycles. The van der Waals surface area contributed by atoms with Crippen LogP contribution in [0, 0.1) is 5.92 Å². The standard InChI is InChI=1S/C9H19BN2O2S/c1-6(2)5-8(10(13)14)12-9(15)7(3)11-4/h6-8,13-14H,4-5H2,1-3H3,(H,12,15)/t7-,8-/m0/s1. The highest BCUT2D eigenvalue weighted by Gasteiger charge is 2.25. The van der Waals surface area contributed by atoms with Crippen LogP contribution in [0.4, 0.5) is 0 Å². The molecule has 0 aliphatic rings. The molecule has 0 unspecified atom stereocenters. The lowest BCUT2D eigenvalue weighted by atomic mass is 9.75. The summed E-state index contributed by atoms with van der Waals surface area (Å²) >= 11 is 5.06. The fourth-order valence-corrected chi connectivity index (χ4v) is 1.38. The van der Waals surface area contributed by atoms with Crippen LogP contribution in [-0.2, 0) is 0 Å². The lowest BCUT2D eigenvalue weighted by molar-refractivity contribution is 0.362. The normalized spacial score (nSPS) is 14.5. The maximum Gasteiger partial charge on any atom is 0.475 e. The Morgan fingerprint density at radius 3 is 2.33 bits per heavy atom. The van der Waals surface area contributed by atoms with E-state index in [0.717, 1.165) is 0 Å². The zero-order valence-electron chi connectivity index (χ0n) is 9.47. The van der Waals surface area contributed by atoms with E-state index in [4.69, 9.17) is 22.3 Å². The molecule has 0 fully saturated rings. The molecule has 0 rings (SSSR count). The molecular formula is C9H19BN2O2S. The van der Waals surface area contributed by atoms with E-state index in [0.29, 0.717) is 17.3 Å². The predicted octanol–water partition coefficient (Wildman–Crippen LogP) is 0.419. The van der Waals surface area contributed by atoms with Gasteiger partial charge in [0.2, 0.25) is 0 Å². The molecule has 6 heteroatoms. The van der Waals surface area contributed by atoms with Crippen molar-refractivity contribution in [2.24, 2.45) is 10.9 Å². The van der Waals surface area contributed by atoms with Crippen LogP contribution in [0.2, 0.25) is 0 Å². The van der Waals surface area contributed by atoms with Crippen LogP contribution < -0.4 is 5.32 Å². The summed E-state index contributed by atoms with van der Waals surface area (Å²) in [5.41, 5.74) is 0. The second-order valence-corrected chi connectivity index (χ2v) is 4.46. The predicted molar refractivity (Wildman–Crippen MR) is 68.2 cm³/mol. The molecule has 0 aromatic heterocycles. The average Bonchev–Trinajstić information content (AvgIpc) is 2.14. The summed E-state index contributed by atoms with van der Waals surface area (Å²) in [6.45, 7) is 9.21. The monoisotopic (exact) mass is 230 g/mol. The zero-order valence-corrected chi connectivity index (χ0v) is 10.3. The van der Waals surface area contributed by atoms with E-state index in [2.05, 4.69) is 17.0 Å². The van der Waals surface area contributed by atoms with Gasteiger partial charge in [0.15, 0.2) is 0 Å². The molecule has 2 atom stereocenters. The lowest BCUT2D eigenvalue weighted by Gasteiger charge is -2.22. The number of aliphatic imine (C=N–C) groups is 1. The highest BCUT2D eigenvalue weighted by molar-refractivity contribution is 7.80. The van der Waals surface area contributed by atoms with E-state index >= 15 is 0 Å². The molecule has 0 aliphatic heterocycles. The van der Waals surface area contributed by atoms with E-state index in [9.17, 15) is 0 Å². The van der Waals surface area contributed by atoms with Gasteiger partial charge >= 0.3 is 7.12 Å². The average molecular weight is 230 g/mol. The second kappa shape index (κ2) is 6.92. The third-order valence-corrected chi connectivity index (χ3v) is 2.53. The summed E-state index contributed by atoms with van der Waals surface area (Å²) in [6, 6.07) is -0.201. The van der Waals surface area contributed by atoms with Crippen molar-refractivity contribution in [2.45, 2.75) is 39.2 Å². The van der Waals surface area contributed by atoms with Gasteiger partial charge in [0.25, 0.3) is 0 Å². The van der Waals surface area contributed by atoms with Gasteiger partial charge in [-0.25, -0.2) is 0 Å². The van der Waals surface area contributed by atoms with Crippen molar-refractivity contribution in [3.63, 3.8) is 0 Å². The van der Waals surface area contributed by atoms with E-state index < -0.39 is 13.1 Å². The maximum atomic E-state index is 9.15. The van der Waals surface area contributed by atoms with E-state index in [1.165, 1.54) is 0 Å². The van der Waals surface area contributed by atoms with Gasteiger partial charge in [-0.15, -0.1) is 0 Å². The summed E-state index contributed by atoms with van der Waals surface area (Å²) in [7, 11) is -1.41. The minimum atomic E-state index is -1.41. The van der Waals surface area contributed by atoms with Crippen molar-refractivity contribution in [3.8, 4) is 0 Å². The van der Waals surface area contributed by atoms with Crippen LogP contribution in [0.1, 0.15) is 27.2 Å². The molecule has 15 heavy (non-hydrogen) atoms. The van der Waals surface area contributed by atoms with Gasteiger partial charge in [0.05, 0.1) is 17.0 Å². The van der Waals surface area contributed by atoms with Gasteiger partial charge in [-0.1, -0.05) is 26.1 Å². The van der Waals surface area contributed by atoms with Gasteiger partial charge in [0, 0.05) is 0 Å². The fourth-order valence-electron chi connectivity index (χ4n) is 1.15. The highest BCUT2D eigenvalue weighted by Crippen LogP contribution is 2.06. The third-order valence-electron chi connectivity index (χ3n) is 2.07. The quantitative estimate of drug-likeness (QED) is 0.351. The largest absolute Gasteiger partial charge is 0.475 e. The molecule has 0 spiro atoms. The van der Waals surface area contributed by atoms with Crippen LogP contribution >= 0.6 is 12.2 Å². The summed E-state index contributed by atoms with van der Waals surface area (Å²) in [5.74, 6) is -0.0826. The van der Waals surface area contributed by atoms with Crippen molar-refractivity contribution in [2.75, 3.05) is 0 Å². The van der Waals surface area contributed by atoms with Crippen LogP contribution in [0.15, 0.2) is 4.99 Å². The van der Waals surface area contributed by atoms with Gasteiger partial charge in [-0.3, -0.25) is 4.99 Å². The van der Waals surface area contributed by atoms with Gasteiger partial charge in [-0.05, 0) is 26.0 Å². The summed E-state index contributed by atoms with van der Waals surface area (Å²) in [4.78, 5) is 4.25. The van der Waals surface area contributed by atoms with Gasteiger partial charge < -0.3 is 15.4 Å². The second-order valence-electron chi connectivity index (χ2n) is 4.02. The topological polar surface area (TPSA) is 64.9 Å². The first-order chi connectivity index (χ1) is 6.88. The lowest BCUT2D eigenvalue weighted by Crippen LogP contribution is -2.48.